The van der Waals surface area contributed by atoms with Gasteiger partial charge in [0.05, 0.1) is 11.5 Å². The van der Waals surface area contributed by atoms with Crippen molar-refractivity contribution in [2.75, 3.05) is 11.5 Å². The Labute approximate surface area is 127 Å². The van der Waals surface area contributed by atoms with Crippen LogP contribution in [0.5, 0.6) is 0 Å². The van der Waals surface area contributed by atoms with Gasteiger partial charge >= 0.3 is 0 Å². The fraction of sp³-hybridized carbons (Fsp3) is 1.00. The van der Waals surface area contributed by atoms with Crippen LogP contribution in [0.1, 0.15) is 57.8 Å². The molecule has 0 spiro atoms. The summed E-state index contributed by atoms with van der Waals surface area (Å²) in [6, 6.07) is 0. The molecular formula is C13H26O6S2. The van der Waals surface area contributed by atoms with E-state index in [9.17, 15) is 16.8 Å². The van der Waals surface area contributed by atoms with Crippen LogP contribution in [0, 0.1) is 11.8 Å². The molecule has 0 bridgehead atoms. The molecule has 0 unspecified atom stereocenters. The lowest BCUT2D eigenvalue weighted by Gasteiger charge is -2.16. The Hall–Kier alpha value is -0.180. The smallest absolute Gasteiger partial charge is 0.264 e. The van der Waals surface area contributed by atoms with Crippen LogP contribution in [-0.4, -0.2) is 37.4 Å². The van der Waals surface area contributed by atoms with Crippen LogP contribution in [-0.2, 0) is 20.2 Å². The number of rotatable bonds is 5. The Morgan fingerprint density at radius 1 is 0.667 bits per heavy atom. The molecule has 0 amide bonds. The first kappa shape index (κ1) is 18.9. The Morgan fingerprint density at radius 3 is 1.19 bits per heavy atom. The van der Waals surface area contributed by atoms with E-state index in [1.54, 1.807) is 25.7 Å². The zero-order valence-electron chi connectivity index (χ0n) is 12.3. The van der Waals surface area contributed by atoms with Gasteiger partial charge in [-0.1, -0.05) is 51.4 Å². The Kier molecular flexibility index (Phi) is 7.59. The third-order valence-corrected chi connectivity index (χ3v) is 5.88. The third kappa shape index (κ3) is 9.44. The second-order valence-electron chi connectivity index (χ2n) is 6.01. The molecule has 2 saturated carbocycles. The molecule has 0 aromatic heterocycles. The molecule has 2 rings (SSSR count). The second kappa shape index (κ2) is 8.45. The number of hydrogen-bond donors (Lipinski definition) is 2. The topological polar surface area (TPSA) is 109 Å². The molecule has 0 heterocycles. The lowest BCUT2D eigenvalue weighted by Crippen LogP contribution is -2.10. The molecule has 0 radical (unpaired) electrons. The average molecular weight is 342 g/mol. The summed E-state index contributed by atoms with van der Waals surface area (Å²) in [4.78, 5) is 0. The van der Waals surface area contributed by atoms with Gasteiger partial charge in [-0.25, -0.2) is 0 Å². The fourth-order valence-electron chi connectivity index (χ4n) is 3.28. The fourth-order valence-corrected chi connectivity index (χ4v) is 4.48. The lowest BCUT2D eigenvalue weighted by atomic mass is 9.90. The second-order valence-corrected chi connectivity index (χ2v) is 9.16. The summed E-state index contributed by atoms with van der Waals surface area (Å²) in [6.07, 6.45) is 12.0. The summed E-state index contributed by atoms with van der Waals surface area (Å²) in [5.41, 5.74) is 0. The van der Waals surface area contributed by atoms with Crippen LogP contribution >= 0.6 is 0 Å². The first-order chi connectivity index (χ1) is 9.67. The Bertz CT molecular complexity index is 439. The summed E-state index contributed by atoms with van der Waals surface area (Å²) in [7, 11) is -8.24. The highest BCUT2D eigenvalue weighted by molar-refractivity contribution is 7.86. The molecule has 2 aliphatic carbocycles. The molecule has 0 atom stereocenters. The highest BCUT2D eigenvalue weighted by Crippen LogP contribution is 2.39. The molecule has 2 aliphatic rings. The van der Waals surface area contributed by atoms with Crippen molar-refractivity contribution in [3.63, 3.8) is 0 Å². The summed E-state index contributed by atoms with van der Waals surface area (Å²) < 4.78 is 56.2. The van der Waals surface area contributed by atoms with Gasteiger partial charge in [0.15, 0.2) is 0 Å². The predicted octanol–water partition coefficient (Wildman–Crippen LogP) is 2.52. The quantitative estimate of drug-likeness (QED) is 0.743. The minimum atomic E-state index is -4.12. The largest absolute Gasteiger partial charge is 0.286 e. The number of hydrogen-bond acceptors (Lipinski definition) is 4. The third-order valence-electron chi connectivity index (χ3n) is 4.27. The van der Waals surface area contributed by atoms with Gasteiger partial charge in [-0.3, -0.25) is 9.11 Å². The van der Waals surface area contributed by atoms with Gasteiger partial charge in [0.1, 0.15) is 0 Å². The van der Waals surface area contributed by atoms with Crippen LogP contribution in [0.4, 0.5) is 0 Å². The summed E-state index contributed by atoms with van der Waals surface area (Å²) in [6.45, 7) is 0. The summed E-state index contributed by atoms with van der Waals surface area (Å²) in [5.74, 6) is 0.990. The first-order valence-electron chi connectivity index (χ1n) is 7.58. The van der Waals surface area contributed by atoms with E-state index < -0.39 is 31.7 Å². The zero-order chi connectivity index (χ0) is 15.9. The van der Waals surface area contributed by atoms with E-state index in [2.05, 4.69) is 0 Å². The maximum absolute atomic E-state index is 10.00. The van der Waals surface area contributed by atoms with Gasteiger partial charge < -0.3 is 0 Å². The van der Waals surface area contributed by atoms with E-state index in [-0.39, 0.29) is 6.42 Å². The molecule has 21 heavy (non-hydrogen) atoms. The minimum absolute atomic E-state index is 0.308. The first-order valence-corrected chi connectivity index (χ1v) is 10.8. The SMILES string of the molecule is C1CCC(C2CCCC2)C1.O=S(=O)(O)CCCS(=O)(=O)O. The molecular weight excluding hydrogens is 316 g/mol. The zero-order valence-corrected chi connectivity index (χ0v) is 13.9. The van der Waals surface area contributed by atoms with Crippen molar-refractivity contribution in [1.82, 2.24) is 0 Å². The molecule has 0 aromatic rings. The van der Waals surface area contributed by atoms with Crippen molar-refractivity contribution in [2.24, 2.45) is 11.8 Å². The van der Waals surface area contributed by atoms with Crippen LogP contribution in [0.3, 0.4) is 0 Å². The van der Waals surface area contributed by atoms with Crippen molar-refractivity contribution in [3.05, 3.63) is 0 Å². The molecule has 2 fully saturated rings. The van der Waals surface area contributed by atoms with E-state index in [0.717, 1.165) is 11.8 Å². The maximum atomic E-state index is 10.00. The molecule has 2 N–H and O–H groups in total. The highest BCUT2D eigenvalue weighted by atomic mass is 32.2. The van der Waals surface area contributed by atoms with Gasteiger partial charge in [-0.15, -0.1) is 0 Å². The van der Waals surface area contributed by atoms with Crippen molar-refractivity contribution in [3.8, 4) is 0 Å². The normalized spacial score (nSPS) is 21.2. The van der Waals surface area contributed by atoms with Crippen molar-refractivity contribution in [1.29, 1.82) is 0 Å². The Balaban J connectivity index is 0.000000210. The van der Waals surface area contributed by atoms with E-state index in [4.69, 9.17) is 9.11 Å². The molecule has 0 aliphatic heterocycles. The van der Waals surface area contributed by atoms with E-state index >= 15 is 0 Å². The maximum Gasteiger partial charge on any atom is 0.264 e. The standard InChI is InChI=1S/C10H18.C3H8O6S2/c1-2-6-9(5-1)10-7-3-4-8-10;4-10(5,6)2-1-3-11(7,8)9/h9-10H,1-8H2;1-3H2,(H,4,5,6)(H,7,8,9). The van der Waals surface area contributed by atoms with Crippen molar-refractivity contribution in [2.45, 2.75) is 57.8 Å². The van der Waals surface area contributed by atoms with Gasteiger partial charge in [0.2, 0.25) is 0 Å². The van der Waals surface area contributed by atoms with Crippen molar-refractivity contribution < 1.29 is 25.9 Å². The lowest BCUT2D eigenvalue weighted by molar-refractivity contribution is 0.347. The van der Waals surface area contributed by atoms with Crippen LogP contribution in [0.2, 0.25) is 0 Å². The highest BCUT2D eigenvalue weighted by Gasteiger charge is 2.26. The monoisotopic (exact) mass is 342 g/mol. The molecule has 6 nitrogen and oxygen atoms in total. The van der Waals surface area contributed by atoms with E-state index in [1.165, 1.54) is 25.7 Å². The van der Waals surface area contributed by atoms with Crippen LogP contribution < -0.4 is 0 Å². The van der Waals surface area contributed by atoms with Gasteiger partial charge in [-0.2, -0.15) is 16.8 Å². The Morgan fingerprint density at radius 2 is 0.952 bits per heavy atom. The van der Waals surface area contributed by atoms with Crippen LogP contribution in [0.15, 0.2) is 0 Å². The van der Waals surface area contributed by atoms with Gasteiger partial charge in [0.25, 0.3) is 20.2 Å². The molecule has 0 saturated heterocycles. The van der Waals surface area contributed by atoms with Crippen LogP contribution in [0.25, 0.3) is 0 Å². The van der Waals surface area contributed by atoms with E-state index in [1.807, 2.05) is 0 Å². The van der Waals surface area contributed by atoms with Crippen molar-refractivity contribution >= 4 is 20.2 Å². The predicted molar refractivity (Wildman–Crippen MR) is 81.4 cm³/mol. The van der Waals surface area contributed by atoms with E-state index in [0.29, 0.717) is 0 Å². The minimum Gasteiger partial charge on any atom is -0.286 e. The summed E-state index contributed by atoms with van der Waals surface area (Å²) in [5, 5.41) is 0. The van der Waals surface area contributed by atoms with Gasteiger partial charge in [-0.05, 0) is 18.3 Å². The summed E-state index contributed by atoms with van der Waals surface area (Å²) >= 11 is 0. The molecule has 8 heteroatoms. The average Bonchev–Trinajstić information content (AvgIpc) is 2.99. The van der Waals surface area contributed by atoms with Gasteiger partial charge in [0, 0.05) is 0 Å². The molecule has 0 aromatic carbocycles. The molecule has 126 valence electrons.